The summed E-state index contributed by atoms with van der Waals surface area (Å²) >= 11 is 6.30. The van der Waals surface area contributed by atoms with Crippen LogP contribution in [0.5, 0.6) is 0 Å². The van der Waals surface area contributed by atoms with E-state index in [1.807, 2.05) is 18.2 Å². The molecule has 0 aliphatic carbocycles. The first-order valence-electron chi connectivity index (χ1n) is 9.08. The number of hydrogen-bond donors (Lipinski definition) is 1. The van der Waals surface area contributed by atoms with Crippen LogP contribution in [0.3, 0.4) is 0 Å². The number of benzene rings is 2. The van der Waals surface area contributed by atoms with Crippen LogP contribution in [0.25, 0.3) is 11.0 Å². The number of H-pyrrole nitrogens is 1. The molecule has 29 heavy (non-hydrogen) atoms. The van der Waals surface area contributed by atoms with E-state index >= 15 is 0 Å². The van der Waals surface area contributed by atoms with Gasteiger partial charge >= 0.3 is 0 Å². The van der Waals surface area contributed by atoms with E-state index in [-0.39, 0.29) is 17.5 Å². The molecule has 7 nitrogen and oxygen atoms in total. The van der Waals surface area contributed by atoms with Crippen LogP contribution in [0, 0.1) is 5.82 Å². The summed E-state index contributed by atoms with van der Waals surface area (Å²) in [5, 5.41) is 15.3. The quantitative estimate of drug-likeness (QED) is 0.559. The maximum absolute atomic E-state index is 14.5. The fourth-order valence-corrected chi connectivity index (χ4v) is 4.17. The number of hydrogen-bond acceptors (Lipinski definition) is 4. The molecule has 1 atom stereocenters. The topological polar surface area (TPSA) is 79.7 Å². The second-order valence-electron chi connectivity index (χ2n) is 7.08. The third-order valence-electron chi connectivity index (χ3n) is 5.40. The lowest BCUT2D eigenvalue weighted by molar-refractivity contribution is 0.0705. The van der Waals surface area contributed by atoms with Gasteiger partial charge in [0.25, 0.3) is 5.91 Å². The largest absolute Gasteiger partial charge is 0.327 e. The maximum Gasteiger partial charge on any atom is 0.258 e. The summed E-state index contributed by atoms with van der Waals surface area (Å²) in [5.41, 5.74) is 3.98. The number of rotatable bonds is 4. The fourth-order valence-electron chi connectivity index (χ4n) is 3.93. The Hall–Kier alpha value is -3.26. The van der Waals surface area contributed by atoms with Gasteiger partial charge in [-0.25, -0.2) is 4.39 Å². The Morgan fingerprint density at radius 3 is 2.93 bits per heavy atom. The zero-order valence-electron chi connectivity index (χ0n) is 15.4. The second kappa shape index (κ2) is 6.66. The average Bonchev–Trinajstić information content (AvgIpc) is 3.37. The summed E-state index contributed by atoms with van der Waals surface area (Å²) in [7, 11) is 1.80. The first-order chi connectivity index (χ1) is 14.0. The van der Waals surface area contributed by atoms with Crippen molar-refractivity contribution in [3.63, 3.8) is 0 Å². The molecule has 0 saturated carbocycles. The highest BCUT2D eigenvalue weighted by Gasteiger charge is 2.39. The zero-order valence-corrected chi connectivity index (χ0v) is 16.2. The number of fused-ring (bicyclic) bond motifs is 2. The molecular weight excluding hydrogens is 395 g/mol. The summed E-state index contributed by atoms with van der Waals surface area (Å²) in [6.07, 6.45) is 2.01. The Labute approximate surface area is 170 Å². The normalized spacial score (nSPS) is 16.0. The first-order valence-corrected chi connectivity index (χ1v) is 9.46. The molecule has 0 fully saturated rings. The number of nitrogens with one attached hydrogen (secondary N) is 1. The van der Waals surface area contributed by atoms with Gasteiger partial charge in [0.2, 0.25) is 0 Å². The lowest BCUT2D eigenvalue weighted by Gasteiger charge is -2.26. The molecule has 2 aromatic heterocycles. The van der Waals surface area contributed by atoms with E-state index in [9.17, 15) is 9.18 Å². The molecule has 0 bridgehead atoms. The highest BCUT2D eigenvalue weighted by atomic mass is 35.5. The highest BCUT2D eigenvalue weighted by Crippen LogP contribution is 2.39. The minimum Gasteiger partial charge on any atom is -0.327 e. The summed E-state index contributed by atoms with van der Waals surface area (Å²) < 4.78 is 16.2. The van der Waals surface area contributed by atoms with Gasteiger partial charge in [-0.15, -0.1) is 5.10 Å². The van der Waals surface area contributed by atoms with Crippen LogP contribution >= 0.6 is 11.6 Å². The fraction of sp³-hybridized carbons (Fsp3) is 0.200. The zero-order chi connectivity index (χ0) is 20.1. The van der Waals surface area contributed by atoms with Gasteiger partial charge < -0.3 is 4.90 Å². The SMILES string of the molecule is Cn1ncc(Cl)c1CC1c2cccc(F)c2C(=O)N1Cc1ccc2[nH]nnc2c1. The van der Waals surface area contributed by atoms with Crippen molar-refractivity contribution >= 4 is 28.5 Å². The molecule has 1 amide bonds. The number of aryl methyl sites for hydroxylation is 1. The summed E-state index contributed by atoms with van der Waals surface area (Å²) in [6.45, 7) is 0.315. The number of aromatic amines is 1. The second-order valence-corrected chi connectivity index (χ2v) is 7.49. The van der Waals surface area contributed by atoms with Gasteiger partial charge in [0.1, 0.15) is 11.3 Å². The van der Waals surface area contributed by atoms with Crippen molar-refractivity contribution < 1.29 is 9.18 Å². The van der Waals surface area contributed by atoms with Crippen molar-refractivity contribution in [2.75, 3.05) is 0 Å². The third-order valence-corrected chi connectivity index (χ3v) is 5.71. The van der Waals surface area contributed by atoms with Gasteiger partial charge in [0.15, 0.2) is 0 Å². The smallest absolute Gasteiger partial charge is 0.258 e. The van der Waals surface area contributed by atoms with Crippen molar-refractivity contribution in [1.82, 2.24) is 30.1 Å². The summed E-state index contributed by atoms with van der Waals surface area (Å²) in [5.74, 6) is -0.843. The summed E-state index contributed by atoms with van der Waals surface area (Å²) in [4.78, 5) is 14.8. The van der Waals surface area contributed by atoms with Crippen molar-refractivity contribution in [3.8, 4) is 0 Å². The van der Waals surface area contributed by atoms with Crippen LogP contribution in [0.4, 0.5) is 4.39 Å². The van der Waals surface area contributed by atoms with E-state index in [2.05, 4.69) is 20.5 Å². The van der Waals surface area contributed by atoms with Crippen molar-refractivity contribution in [3.05, 3.63) is 75.8 Å². The molecule has 3 heterocycles. The minimum absolute atomic E-state index is 0.123. The monoisotopic (exact) mass is 410 g/mol. The Morgan fingerprint density at radius 2 is 2.14 bits per heavy atom. The van der Waals surface area contributed by atoms with Crippen molar-refractivity contribution in [2.45, 2.75) is 19.0 Å². The number of halogens is 2. The number of carbonyl (C=O) groups is 1. The van der Waals surface area contributed by atoms with Crippen molar-refractivity contribution in [1.29, 1.82) is 0 Å². The van der Waals surface area contributed by atoms with Crippen molar-refractivity contribution in [2.24, 2.45) is 7.05 Å². The van der Waals surface area contributed by atoms with Crippen LogP contribution in [-0.2, 0) is 20.0 Å². The third kappa shape index (κ3) is 2.87. The Kier molecular flexibility index (Phi) is 4.09. The molecule has 2 aromatic carbocycles. The van der Waals surface area contributed by atoms with E-state index in [0.717, 1.165) is 16.8 Å². The molecule has 0 radical (unpaired) electrons. The number of amides is 1. The Bertz CT molecular complexity index is 1230. The number of carbonyl (C=O) groups excluding carboxylic acids is 1. The standard InChI is InChI=1S/C20H16ClFN6O/c1-27-18(13(21)9-23-27)8-17-12-3-2-4-14(22)19(12)20(29)28(17)10-11-5-6-15-16(7-11)25-26-24-15/h2-7,9,17H,8,10H2,1H3,(H,24,25,26). The van der Waals surface area contributed by atoms with Crippen LogP contribution in [-0.4, -0.2) is 36.0 Å². The Balaban J connectivity index is 1.56. The predicted octanol–water partition coefficient (Wildman–Crippen LogP) is 3.42. The molecule has 1 aliphatic heterocycles. The van der Waals surface area contributed by atoms with Gasteiger partial charge in [-0.3, -0.25) is 14.6 Å². The molecule has 1 aliphatic rings. The average molecular weight is 411 g/mol. The van der Waals surface area contributed by atoms with Crippen LogP contribution in [0.15, 0.2) is 42.6 Å². The van der Waals surface area contributed by atoms with Gasteiger partial charge in [-0.1, -0.05) is 35.0 Å². The van der Waals surface area contributed by atoms with Gasteiger partial charge in [0, 0.05) is 20.0 Å². The number of aromatic nitrogens is 5. The van der Waals surface area contributed by atoms with Crippen LogP contribution in [0.2, 0.25) is 5.02 Å². The molecule has 4 aromatic rings. The van der Waals surface area contributed by atoms with E-state index in [1.165, 1.54) is 6.07 Å². The van der Waals surface area contributed by atoms with Crippen LogP contribution in [0.1, 0.15) is 33.2 Å². The Morgan fingerprint density at radius 1 is 1.28 bits per heavy atom. The molecule has 1 N–H and O–H groups in total. The molecule has 9 heteroatoms. The lowest BCUT2D eigenvalue weighted by atomic mass is 10.00. The maximum atomic E-state index is 14.5. The number of nitrogens with zero attached hydrogens (tertiary/aromatic N) is 5. The first kappa shape index (κ1) is 17.8. The molecule has 1 unspecified atom stereocenters. The molecular formula is C20H16ClFN6O. The van der Waals surface area contributed by atoms with E-state index < -0.39 is 5.82 Å². The van der Waals surface area contributed by atoms with E-state index in [0.29, 0.717) is 29.1 Å². The van der Waals surface area contributed by atoms with Gasteiger partial charge in [-0.05, 0) is 29.3 Å². The predicted molar refractivity (Wildman–Crippen MR) is 105 cm³/mol. The highest BCUT2D eigenvalue weighted by molar-refractivity contribution is 6.31. The molecule has 5 rings (SSSR count). The van der Waals surface area contributed by atoms with E-state index in [4.69, 9.17) is 11.6 Å². The van der Waals surface area contributed by atoms with Crippen LogP contribution < -0.4 is 0 Å². The summed E-state index contributed by atoms with van der Waals surface area (Å²) in [6, 6.07) is 10.0. The van der Waals surface area contributed by atoms with E-state index in [1.54, 1.807) is 35.0 Å². The van der Waals surface area contributed by atoms with Gasteiger partial charge in [-0.2, -0.15) is 5.10 Å². The molecule has 0 saturated heterocycles. The van der Waals surface area contributed by atoms with Gasteiger partial charge in [0.05, 0.1) is 34.0 Å². The molecule has 0 spiro atoms. The lowest BCUT2D eigenvalue weighted by Crippen LogP contribution is -2.29. The molecule has 146 valence electrons. The minimum atomic E-state index is -0.511.